The number of carbonyl (C=O) groups excluding carboxylic acids is 1. The lowest BCUT2D eigenvalue weighted by Crippen LogP contribution is -2.49. The molecule has 1 aromatic carbocycles. The molecule has 3 heterocycles. The maximum absolute atomic E-state index is 12.6. The molecule has 8 heteroatoms. The summed E-state index contributed by atoms with van der Waals surface area (Å²) in [6, 6.07) is 5.43. The second-order valence-electron chi connectivity index (χ2n) is 6.60. The lowest BCUT2D eigenvalue weighted by molar-refractivity contribution is 0.0933. The van der Waals surface area contributed by atoms with Crippen molar-refractivity contribution in [3.8, 4) is 0 Å². The van der Waals surface area contributed by atoms with Gasteiger partial charge in [0.1, 0.15) is 0 Å². The Kier molecular flexibility index (Phi) is 4.16. The van der Waals surface area contributed by atoms with Gasteiger partial charge in [0.25, 0.3) is 11.5 Å². The van der Waals surface area contributed by atoms with Gasteiger partial charge in [0, 0.05) is 49.5 Å². The molecule has 1 aliphatic rings. The van der Waals surface area contributed by atoms with Gasteiger partial charge < -0.3 is 14.8 Å². The van der Waals surface area contributed by atoms with Crippen LogP contribution in [0.25, 0.3) is 10.9 Å². The van der Waals surface area contributed by atoms with E-state index in [1.54, 1.807) is 31.7 Å². The van der Waals surface area contributed by atoms with Crippen LogP contribution in [-0.2, 0) is 7.05 Å². The molecule has 0 bridgehead atoms. The standard InChI is InChI=1S/C18H20N6O2/c1-23-8-6-19-16(18(23)26)24-7-2-3-14(11-24)21-17(25)12-4-5-15-13(9-12)10-20-22-15/h4-6,8-10,14H,2-3,7,11H2,1H3,(H,20,22)(H,21,25)/t14-/m1/s1. The first-order valence-corrected chi connectivity index (χ1v) is 8.62. The first kappa shape index (κ1) is 16.3. The zero-order chi connectivity index (χ0) is 18.1. The van der Waals surface area contributed by atoms with E-state index >= 15 is 0 Å². The number of piperidine rings is 1. The number of benzene rings is 1. The average Bonchev–Trinajstić information content (AvgIpc) is 3.12. The van der Waals surface area contributed by atoms with E-state index in [0.29, 0.717) is 17.9 Å². The highest BCUT2D eigenvalue weighted by Gasteiger charge is 2.24. The maximum Gasteiger partial charge on any atom is 0.293 e. The number of H-pyrrole nitrogens is 1. The van der Waals surface area contributed by atoms with Crippen molar-refractivity contribution in [2.75, 3.05) is 18.0 Å². The van der Waals surface area contributed by atoms with Crippen LogP contribution in [0.5, 0.6) is 0 Å². The largest absolute Gasteiger partial charge is 0.350 e. The minimum Gasteiger partial charge on any atom is -0.350 e. The molecule has 3 aromatic rings. The number of anilines is 1. The summed E-state index contributed by atoms with van der Waals surface area (Å²) in [4.78, 5) is 31.1. The quantitative estimate of drug-likeness (QED) is 0.735. The summed E-state index contributed by atoms with van der Waals surface area (Å²) in [7, 11) is 1.71. The Morgan fingerprint density at radius 3 is 3.15 bits per heavy atom. The summed E-state index contributed by atoms with van der Waals surface area (Å²) in [5, 5.41) is 10.8. The normalized spacial score (nSPS) is 17.4. The van der Waals surface area contributed by atoms with Crippen molar-refractivity contribution < 1.29 is 4.79 Å². The molecular formula is C18H20N6O2. The highest BCUT2D eigenvalue weighted by molar-refractivity contribution is 5.98. The van der Waals surface area contributed by atoms with Crippen molar-refractivity contribution in [1.82, 2.24) is 25.1 Å². The molecule has 2 aromatic heterocycles. The van der Waals surface area contributed by atoms with Gasteiger partial charge in [-0.1, -0.05) is 0 Å². The summed E-state index contributed by atoms with van der Waals surface area (Å²) in [5.41, 5.74) is 1.38. The third kappa shape index (κ3) is 3.05. The Bertz CT molecular complexity index is 1010. The summed E-state index contributed by atoms with van der Waals surface area (Å²) in [6.45, 7) is 1.34. The molecule has 1 fully saturated rings. The number of aryl methyl sites for hydroxylation is 1. The molecule has 26 heavy (non-hydrogen) atoms. The number of nitrogens with zero attached hydrogens (tertiary/aromatic N) is 4. The molecule has 134 valence electrons. The topological polar surface area (TPSA) is 95.9 Å². The molecule has 1 aliphatic heterocycles. The highest BCUT2D eigenvalue weighted by Crippen LogP contribution is 2.16. The van der Waals surface area contributed by atoms with Crippen LogP contribution in [0.2, 0.25) is 0 Å². The zero-order valence-corrected chi connectivity index (χ0v) is 14.5. The number of aromatic amines is 1. The van der Waals surface area contributed by atoms with Crippen LogP contribution in [0.3, 0.4) is 0 Å². The highest BCUT2D eigenvalue weighted by atomic mass is 16.2. The molecular weight excluding hydrogens is 332 g/mol. The van der Waals surface area contributed by atoms with Gasteiger partial charge in [-0.2, -0.15) is 5.10 Å². The zero-order valence-electron chi connectivity index (χ0n) is 14.5. The lowest BCUT2D eigenvalue weighted by Gasteiger charge is -2.33. The van der Waals surface area contributed by atoms with Crippen LogP contribution >= 0.6 is 0 Å². The third-order valence-electron chi connectivity index (χ3n) is 4.76. The average molecular weight is 352 g/mol. The monoisotopic (exact) mass is 352 g/mol. The SMILES string of the molecule is Cn1ccnc(N2CCC[C@@H](NC(=O)c3ccc4[nH]ncc4c3)C2)c1=O. The summed E-state index contributed by atoms with van der Waals surface area (Å²) < 4.78 is 1.52. The Morgan fingerprint density at radius 1 is 1.38 bits per heavy atom. The Balaban J connectivity index is 1.48. The molecule has 1 saturated heterocycles. The number of hydrogen-bond donors (Lipinski definition) is 2. The molecule has 0 aliphatic carbocycles. The number of rotatable bonds is 3. The number of hydrogen-bond acceptors (Lipinski definition) is 5. The van der Waals surface area contributed by atoms with E-state index in [-0.39, 0.29) is 17.5 Å². The number of nitrogens with one attached hydrogen (secondary N) is 2. The van der Waals surface area contributed by atoms with Crippen LogP contribution in [0, 0.1) is 0 Å². The fourth-order valence-electron chi connectivity index (χ4n) is 3.34. The van der Waals surface area contributed by atoms with Gasteiger partial charge in [0.15, 0.2) is 5.82 Å². The Labute approximate surface area is 149 Å². The van der Waals surface area contributed by atoms with Crippen molar-refractivity contribution in [2.45, 2.75) is 18.9 Å². The van der Waals surface area contributed by atoms with Gasteiger partial charge in [0.2, 0.25) is 0 Å². The number of carbonyl (C=O) groups is 1. The van der Waals surface area contributed by atoms with Crippen LogP contribution in [0.4, 0.5) is 5.82 Å². The van der Waals surface area contributed by atoms with Crippen LogP contribution in [0.1, 0.15) is 23.2 Å². The van der Waals surface area contributed by atoms with Gasteiger partial charge in [-0.05, 0) is 31.0 Å². The second kappa shape index (κ2) is 6.62. The van der Waals surface area contributed by atoms with Crippen molar-refractivity contribution in [3.63, 3.8) is 0 Å². The first-order valence-electron chi connectivity index (χ1n) is 8.62. The fraction of sp³-hybridized carbons (Fsp3) is 0.333. The molecule has 0 unspecified atom stereocenters. The van der Waals surface area contributed by atoms with Crippen molar-refractivity contribution in [1.29, 1.82) is 0 Å². The molecule has 0 spiro atoms. The molecule has 4 rings (SSSR count). The smallest absolute Gasteiger partial charge is 0.293 e. The summed E-state index contributed by atoms with van der Waals surface area (Å²) in [5.74, 6) is 0.322. The third-order valence-corrected chi connectivity index (χ3v) is 4.76. The van der Waals surface area contributed by atoms with Gasteiger partial charge >= 0.3 is 0 Å². The number of amides is 1. The Morgan fingerprint density at radius 2 is 2.27 bits per heavy atom. The van der Waals surface area contributed by atoms with Crippen LogP contribution < -0.4 is 15.8 Å². The van der Waals surface area contributed by atoms with Crippen molar-refractivity contribution in [3.05, 3.63) is 52.7 Å². The molecule has 8 nitrogen and oxygen atoms in total. The fourth-order valence-corrected chi connectivity index (χ4v) is 3.34. The molecule has 0 saturated carbocycles. The van der Waals surface area contributed by atoms with E-state index in [0.717, 1.165) is 30.3 Å². The first-order chi connectivity index (χ1) is 12.6. The Hall–Kier alpha value is -3.16. The lowest BCUT2D eigenvalue weighted by atomic mass is 10.0. The summed E-state index contributed by atoms with van der Waals surface area (Å²) >= 11 is 0. The van der Waals surface area contributed by atoms with E-state index in [1.165, 1.54) is 4.57 Å². The predicted molar refractivity (Wildman–Crippen MR) is 98.3 cm³/mol. The predicted octanol–water partition coefficient (Wildman–Crippen LogP) is 1.06. The van der Waals surface area contributed by atoms with Gasteiger partial charge in [-0.25, -0.2) is 4.98 Å². The van der Waals surface area contributed by atoms with Crippen LogP contribution in [-0.4, -0.2) is 44.8 Å². The molecule has 1 atom stereocenters. The van der Waals surface area contributed by atoms with Gasteiger partial charge in [0.05, 0.1) is 11.7 Å². The van der Waals surface area contributed by atoms with Crippen molar-refractivity contribution >= 4 is 22.6 Å². The number of fused-ring (bicyclic) bond motifs is 1. The van der Waals surface area contributed by atoms with E-state index in [1.807, 2.05) is 17.0 Å². The van der Waals surface area contributed by atoms with E-state index < -0.39 is 0 Å². The van der Waals surface area contributed by atoms with E-state index in [4.69, 9.17) is 0 Å². The minimum absolute atomic E-state index is 0.0250. The van der Waals surface area contributed by atoms with E-state index in [2.05, 4.69) is 20.5 Å². The molecule has 1 amide bonds. The molecule has 0 radical (unpaired) electrons. The summed E-state index contributed by atoms with van der Waals surface area (Å²) in [6.07, 6.45) is 6.74. The van der Waals surface area contributed by atoms with Gasteiger partial charge in [-0.15, -0.1) is 0 Å². The second-order valence-corrected chi connectivity index (χ2v) is 6.60. The van der Waals surface area contributed by atoms with Gasteiger partial charge in [-0.3, -0.25) is 14.7 Å². The minimum atomic E-state index is -0.120. The molecule has 2 N–H and O–H groups in total. The van der Waals surface area contributed by atoms with Crippen LogP contribution in [0.15, 0.2) is 41.6 Å². The maximum atomic E-state index is 12.6. The number of aromatic nitrogens is 4. The van der Waals surface area contributed by atoms with E-state index in [9.17, 15) is 9.59 Å². The van der Waals surface area contributed by atoms with Crippen molar-refractivity contribution in [2.24, 2.45) is 7.05 Å².